The number of anilines is 1. The lowest BCUT2D eigenvalue weighted by molar-refractivity contribution is -0.116. The van der Waals surface area contributed by atoms with Crippen molar-refractivity contribution >= 4 is 34.4 Å². The van der Waals surface area contributed by atoms with E-state index >= 15 is 0 Å². The summed E-state index contributed by atoms with van der Waals surface area (Å²) in [5.74, 6) is -0.00372. The van der Waals surface area contributed by atoms with Crippen LogP contribution in [0.2, 0.25) is 5.02 Å². The molecule has 0 spiro atoms. The number of amides is 1. The fourth-order valence-electron chi connectivity index (χ4n) is 3.22. The van der Waals surface area contributed by atoms with Gasteiger partial charge in [-0.15, -0.1) is 0 Å². The van der Waals surface area contributed by atoms with Crippen molar-refractivity contribution in [2.24, 2.45) is 0 Å². The third kappa shape index (κ3) is 4.09. The molecule has 4 aromatic rings. The molecule has 0 aliphatic rings. The lowest BCUT2D eigenvalue weighted by Gasteiger charge is -2.09. The Labute approximate surface area is 171 Å². The van der Waals surface area contributed by atoms with Gasteiger partial charge in [0.2, 0.25) is 5.91 Å². The summed E-state index contributed by atoms with van der Waals surface area (Å²) in [5.41, 5.74) is 2.81. The number of benzene rings is 2. The Kier molecular flexibility index (Phi) is 5.22. The van der Waals surface area contributed by atoms with Gasteiger partial charge in [0, 0.05) is 24.1 Å². The van der Waals surface area contributed by atoms with Crippen LogP contribution < -0.4 is 11.1 Å². The number of rotatable bonds is 6. The van der Waals surface area contributed by atoms with E-state index in [0.717, 1.165) is 16.9 Å². The van der Waals surface area contributed by atoms with Crippen molar-refractivity contribution in [3.8, 4) is 5.69 Å². The topological polar surface area (TPSA) is 82.1 Å². The summed E-state index contributed by atoms with van der Waals surface area (Å²) in [4.78, 5) is 24.5. The maximum absolute atomic E-state index is 12.5. The van der Waals surface area contributed by atoms with Crippen molar-refractivity contribution in [3.05, 3.63) is 75.9 Å². The van der Waals surface area contributed by atoms with E-state index in [9.17, 15) is 9.59 Å². The number of carbonyl (C=O) groups is 1. The van der Waals surface area contributed by atoms with Crippen LogP contribution in [-0.2, 0) is 11.3 Å². The molecule has 2 aromatic carbocycles. The molecule has 0 radical (unpaired) electrons. The number of hydrogen-bond acceptors (Lipinski definition) is 4. The number of para-hydroxylation sites is 2. The van der Waals surface area contributed by atoms with Crippen LogP contribution in [0, 0.1) is 6.92 Å². The van der Waals surface area contributed by atoms with Crippen molar-refractivity contribution in [1.82, 2.24) is 14.3 Å². The molecule has 0 atom stereocenters. The summed E-state index contributed by atoms with van der Waals surface area (Å²) in [6.45, 7) is 2.25. The summed E-state index contributed by atoms with van der Waals surface area (Å²) < 4.78 is 8.40. The number of nitrogens with one attached hydrogen (secondary N) is 1. The van der Waals surface area contributed by atoms with Crippen LogP contribution in [0.15, 0.2) is 63.8 Å². The molecule has 0 saturated carbocycles. The fourth-order valence-corrected chi connectivity index (χ4v) is 3.41. The van der Waals surface area contributed by atoms with Crippen LogP contribution in [0.5, 0.6) is 0 Å². The number of nitrogens with zero attached hydrogens (tertiary/aromatic N) is 3. The van der Waals surface area contributed by atoms with E-state index in [0.29, 0.717) is 29.4 Å². The summed E-state index contributed by atoms with van der Waals surface area (Å²) in [6.07, 6.45) is 0.755. The quantitative estimate of drug-likeness (QED) is 0.517. The van der Waals surface area contributed by atoms with Crippen LogP contribution in [0.3, 0.4) is 0 Å². The molecule has 0 saturated heterocycles. The SMILES string of the molecule is Cc1cc(NC(=O)CCCn2c(=O)oc3ccccc32)n(-c2cccc(Cl)c2)n1. The van der Waals surface area contributed by atoms with Gasteiger partial charge in [0.25, 0.3) is 0 Å². The van der Waals surface area contributed by atoms with Gasteiger partial charge in [-0.05, 0) is 43.7 Å². The zero-order valence-electron chi connectivity index (χ0n) is 15.8. The van der Waals surface area contributed by atoms with Gasteiger partial charge in [0.05, 0.1) is 16.9 Å². The first kappa shape index (κ1) is 19.0. The van der Waals surface area contributed by atoms with Gasteiger partial charge in [-0.2, -0.15) is 5.10 Å². The van der Waals surface area contributed by atoms with E-state index in [1.165, 1.54) is 0 Å². The Morgan fingerprint density at radius 2 is 2.00 bits per heavy atom. The number of aryl methyl sites for hydroxylation is 2. The second kappa shape index (κ2) is 7.97. The Balaban J connectivity index is 1.43. The summed E-state index contributed by atoms with van der Waals surface area (Å²) in [5, 5.41) is 7.90. The van der Waals surface area contributed by atoms with E-state index in [4.69, 9.17) is 16.0 Å². The number of carbonyl (C=O) groups excluding carboxylic acids is 1. The molecule has 2 aromatic heterocycles. The van der Waals surface area contributed by atoms with Gasteiger partial charge in [0.15, 0.2) is 5.58 Å². The normalized spacial score (nSPS) is 11.1. The average Bonchev–Trinajstić information content (AvgIpc) is 3.21. The molecule has 7 nitrogen and oxygen atoms in total. The molecule has 0 fully saturated rings. The second-order valence-electron chi connectivity index (χ2n) is 6.70. The van der Waals surface area contributed by atoms with E-state index in [1.54, 1.807) is 33.5 Å². The number of fused-ring (bicyclic) bond motifs is 1. The van der Waals surface area contributed by atoms with Crippen molar-refractivity contribution in [2.45, 2.75) is 26.3 Å². The molecule has 1 N–H and O–H groups in total. The van der Waals surface area contributed by atoms with Crippen LogP contribution in [0.25, 0.3) is 16.8 Å². The molecular weight excluding hydrogens is 392 g/mol. The van der Waals surface area contributed by atoms with Crippen molar-refractivity contribution in [1.29, 1.82) is 0 Å². The molecule has 0 aliphatic heterocycles. The predicted octanol–water partition coefficient (Wildman–Crippen LogP) is 4.16. The molecule has 0 unspecified atom stereocenters. The molecule has 29 heavy (non-hydrogen) atoms. The minimum atomic E-state index is -0.415. The van der Waals surface area contributed by atoms with Gasteiger partial charge >= 0.3 is 5.76 Å². The minimum absolute atomic E-state index is 0.158. The maximum atomic E-state index is 12.5. The first-order valence-corrected chi connectivity index (χ1v) is 9.60. The highest BCUT2D eigenvalue weighted by atomic mass is 35.5. The highest BCUT2D eigenvalue weighted by Gasteiger charge is 2.13. The Morgan fingerprint density at radius 3 is 2.83 bits per heavy atom. The molecule has 4 rings (SSSR count). The second-order valence-corrected chi connectivity index (χ2v) is 7.14. The van der Waals surface area contributed by atoms with Crippen LogP contribution in [-0.4, -0.2) is 20.3 Å². The smallest absolute Gasteiger partial charge is 0.408 e. The summed E-state index contributed by atoms with van der Waals surface area (Å²) in [7, 11) is 0. The fraction of sp³-hybridized carbons (Fsp3) is 0.190. The Hall–Kier alpha value is -3.32. The van der Waals surface area contributed by atoms with Crippen LogP contribution in [0.4, 0.5) is 5.82 Å². The lowest BCUT2D eigenvalue weighted by atomic mass is 10.2. The summed E-state index contributed by atoms with van der Waals surface area (Å²) in [6, 6.07) is 16.3. The van der Waals surface area contributed by atoms with Crippen LogP contribution in [0.1, 0.15) is 18.5 Å². The summed E-state index contributed by atoms with van der Waals surface area (Å²) >= 11 is 6.07. The van der Waals surface area contributed by atoms with E-state index in [-0.39, 0.29) is 12.3 Å². The molecule has 8 heteroatoms. The molecular formula is C21H19ClN4O3. The minimum Gasteiger partial charge on any atom is -0.408 e. The third-order valence-corrected chi connectivity index (χ3v) is 4.75. The highest BCUT2D eigenvalue weighted by molar-refractivity contribution is 6.30. The zero-order valence-corrected chi connectivity index (χ0v) is 16.5. The lowest BCUT2D eigenvalue weighted by Crippen LogP contribution is -2.18. The van der Waals surface area contributed by atoms with E-state index in [2.05, 4.69) is 10.4 Å². The van der Waals surface area contributed by atoms with E-state index < -0.39 is 5.76 Å². The first-order chi connectivity index (χ1) is 14.0. The first-order valence-electron chi connectivity index (χ1n) is 9.22. The van der Waals surface area contributed by atoms with Crippen molar-refractivity contribution < 1.29 is 9.21 Å². The van der Waals surface area contributed by atoms with Gasteiger partial charge < -0.3 is 9.73 Å². The number of halogens is 1. The van der Waals surface area contributed by atoms with E-state index in [1.807, 2.05) is 37.3 Å². The predicted molar refractivity (Wildman–Crippen MR) is 112 cm³/mol. The molecule has 1 amide bonds. The highest BCUT2D eigenvalue weighted by Crippen LogP contribution is 2.20. The monoisotopic (exact) mass is 410 g/mol. The number of aromatic nitrogens is 3. The molecule has 0 bridgehead atoms. The van der Waals surface area contributed by atoms with Gasteiger partial charge in [0.1, 0.15) is 5.82 Å². The van der Waals surface area contributed by atoms with Gasteiger partial charge in [-0.3, -0.25) is 9.36 Å². The maximum Gasteiger partial charge on any atom is 0.419 e. The Morgan fingerprint density at radius 1 is 1.17 bits per heavy atom. The number of hydrogen-bond donors (Lipinski definition) is 1. The molecule has 148 valence electrons. The molecule has 2 heterocycles. The third-order valence-electron chi connectivity index (χ3n) is 4.51. The van der Waals surface area contributed by atoms with Gasteiger partial charge in [-0.25, -0.2) is 9.48 Å². The van der Waals surface area contributed by atoms with Crippen molar-refractivity contribution in [3.63, 3.8) is 0 Å². The number of oxazole rings is 1. The zero-order chi connectivity index (χ0) is 20.4. The Bertz CT molecular complexity index is 1240. The standard InChI is InChI=1S/C21H19ClN4O3/c1-14-12-19(26(24-14)16-7-4-6-15(22)13-16)23-20(27)10-5-11-25-17-8-2-3-9-18(17)29-21(25)28/h2-4,6-9,12-13H,5,10-11H2,1H3,(H,23,27). The van der Waals surface area contributed by atoms with Gasteiger partial charge in [-0.1, -0.05) is 29.8 Å². The van der Waals surface area contributed by atoms with Crippen LogP contribution >= 0.6 is 11.6 Å². The largest absolute Gasteiger partial charge is 0.419 e. The molecule has 0 aliphatic carbocycles. The average molecular weight is 411 g/mol. The van der Waals surface area contributed by atoms with Crippen molar-refractivity contribution in [2.75, 3.05) is 5.32 Å².